The molecule has 2 nitrogen and oxygen atoms in total. The summed E-state index contributed by atoms with van der Waals surface area (Å²) in [6.07, 6.45) is 2.64. The highest BCUT2D eigenvalue weighted by molar-refractivity contribution is 9.09. The van der Waals surface area contributed by atoms with Gasteiger partial charge in [-0.1, -0.05) is 15.9 Å². The summed E-state index contributed by atoms with van der Waals surface area (Å²) < 4.78 is 4.76. The molecule has 1 unspecified atom stereocenters. The molecule has 1 atom stereocenters. The van der Waals surface area contributed by atoms with E-state index in [4.69, 9.17) is 9.52 Å². The van der Waals surface area contributed by atoms with Crippen LogP contribution in [0.15, 0.2) is 23.0 Å². The van der Waals surface area contributed by atoms with Gasteiger partial charge in [0.15, 0.2) is 0 Å². The van der Waals surface area contributed by atoms with Crippen LogP contribution < -0.4 is 0 Å². The standard InChI is InChI=1S/C6H7BrO2/c7-3-6(8)5-1-2-9-4-5/h1-2,4,6,8H,3H2. The maximum absolute atomic E-state index is 9.11. The number of halogens is 1. The molecular weight excluding hydrogens is 184 g/mol. The van der Waals surface area contributed by atoms with E-state index in [1.54, 1.807) is 12.3 Å². The fraction of sp³-hybridized carbons (Fsp3) is 0.333. The van der Waals surface area contributed by atoms with Gasteiger partial charge in [-0.2, -0.15) is 0 Å². The third-order valence-corrected chi connectivity index (χ3v) is 1.69. The van der Waals surface area contributed by atoms with Crippen LogP contribution in [0.1, 0.15) is 11.7 Å². The predicted molar refractivity (Wildman–Crippen MR) is 37.5 cm³/mol. The minimum Gasteiger partial charge on any atom is -0.472 e. The highest BCUT2D eigenvalue weighted by atomic mass is 79.9. The Morgan fingerprint density at radius 2 is 2.56 bits per heavy atom. The van der Waals surface area contributed by atoms with E-state index in [1.807, 2.05) is 0 Å². The molecule has 0 radical (unpaired) electrons. The number of hydrogen-bond acceptors (Lipinski definition) is 2. The summed E-state index contributed by atoms with van der Waals surface area (Å²) in [4.78, 5) is 0. The van der Waals surface area contributed by atoms with Crippen molar-refractivity contribution in [3.8, 4) is 0 Å². The van der Waals surface area contributed by atoms with Crippen LogP contribution in [-0.4, -0.2) is 10.4 Å². The fourth-order valence-corrected chi connectivity index (χ4v) is 0.928. The average molecular weight is 191 g/mol. The summed E-state index contributed by atoms with van der Waals surface area (Å²) in [6, 6.07) is 1.74. The summed E-state index contributed by atoms with van der Waals surface area (Å²) in [7, 11) is 0. The molecular formula is C6H7BrO2. The molecule has 1 aromatic heterocycles. The van der Waals surface area contributed by atoms with E-state index in [0.717, 1.165) is 5.56 Å². The first-order valence-electron chi connectivity index (χ1n) is 2.60. The Balaban J connectivity index is 2.65. The molecule has 1 aromatic rings. The van der Waals surface area contributed by atoms with Crippen LogP contribution >= 0.6 is 15.9 Å². The van der Waals surface area contributed by atoms with Gasteiger partial charge in [0, 0.05) is 10.9 Å². The van der Waals surface area contributed by atoms with Crippen molar-refractivity contribution >= 4 is 15.9 Å². The molecule has 0 bridgehead atoms. The first-order chi connectivity index (χ1) is 4.34. The van der Waals surface area contributed by atoms with Crippen molar-refractivity contribution in [1.82, 2.24) is 0 Å². The Kier molecular flexibility index (Phi) is 2.30. The van der Waals surface area contributed by atoms with Gasteiger partial charge in [-0.05, 0) is 6.07 Å². The summed E-state index contributed by atoms with van der Waals surface area (Å²) >= 11 is 3.14. The lowest BCUT2D eigenvalue weighted by Gasteiger charge is -1.99. The van der Waals surface area contributed by atoms with Gasteiger partial charge in [0.1, 0.15) is 0 Å². The number of hydrogen-bond donors (Lipinski definition) is 1. The van der Waals surface area contributed by atoms with E-state index >= 15 is 0 Å². The van der Waals surface area contributed by atoms with Crippen molar-refractivity contribution in [3.63, 3.8) is 0 Å². The Morgan fingerprint density at radius 3 is 3.00 bits per heavy atom. The number of rotatable bonds is 2. The molecule has 0 fully saturated rings. The minimum absolute atomic E-state index is 0.441. The molecule has 0 aliphatic heterocycles. The van der Waals surface area contributed by atoms with Gasteiger partial charge in [-0.3, -0.25) is 0 Å². The predicted octanol–water partition coefficient (Wildman–Crippen LogP) is 1.71. The third-order valence-electron chi connectivity index (χ3n) is 1.07. The normalized spacial score (nSPS) is 13.6. The second-order valence-corrected chi connectivity index (χ2v) is 2.37. The average Bonchev–Trinajstić information content (AvgIpc) is 2.37. The molecule has 0 aliphatic rings. The Bertz CT molecular complexity index is 160. The maximum Gasteiger partial charge on any atom is 0.0960 e. The van der Waals surface area contributed by atoms with E-state index in [0.29, 0.717) is 5.33 Å². The van der Waals surface area contributed by atoms with Crippen LogP contribution in [-0.2, 0) is 0 Å². The molecule has 0 aliphatic carbocycles. The van der Waals surface area contributed by atoms with Gasteiger partial charge in [-0.25, -0.2) is 0 Å². The van der Waals surface area contributed by atoms with Gasteiger partial charge in [0.25, 0.3) is 0 Å². The van der Waals surface area contributed by atoms with Gasteiger partial charge in [0.2, 0.25) is 0 Å². The topological polar surface area (TPSA) is 33.4 Å². The molecule has 1 N–H and O–H groups in total. The van der Waals surface area contributed by atoms with Gasteiger partial charge in [0.05, 0.1) is 18.6 Å². The van der Waals surface area contributed by atoms with E-state index in [-0.39, 0.29) is 0 Å². The fourth-order valence-electron chi connectivity index (χ4n) is 0.554. The summed E-state index contributed by atoms with van der Waals surface area (Å²) in [5.74, 6) is 0. The van der Waals surface area contributed by atoms with Crippen LogP contribution in [0.25, 0.3) is 0 Å². The van der Waals surface area contributed by atoms with Crippen molar-refractivity contribution in [2.45, 2.75) is 6.10 Å². The second kappa shape index (κ2) is 3.03. The molecule has 1 heterocycles. The first-order valence-corrected chi connectivity index (χ1v) is 3.73. The SMILES string of the molecule is OC(CBr)c1ccoc1. The van der Waals surface area contributed by atoms with Gasteiger partial charge in [-0.15, -0.1) is 0 Å². The summed E-state index contributed by atoms with van der Waals surface area (Å²) in [5.41, 5.74) is 0.812. The zero-order valence-electron chi connectivity index (χ0n) is 4.75. The number of alkyl halides is 1. The van der Waals surface area contributed by atoms with E-state index in [9.17, 15) is 0 Å². The second-order valence-electron chi connectivity index (χ2n) is 1.73. The van der Waals surface area contributed by atoms with Crippen molar-refractivity contribution in [3.05, 3.63) is 24.2 Å². The van der Waals surface area contributed by atoms with E-state index in [1.165, 1.54) is 6.26 Å². The van der Waals surface area contributed by atoms with Crippen molar-refractivity contribution in [2.24, 2.45) is 0 Å². The highest BCUT2D eigenvalue weighted by Gasteiger charge is 2.04. The van der Waals surface area contributed by atoms with Gasteiger partial charge < -0.3 is 9.52 Å². The minimum atomic E-state index is -0.441. The molecule has 3 heteroatoms. The van der Waals surface area contributed by atoms with Crippen LogP contribution in [0.3, 0.4) is 0 Å². The molecule has 50 valence electrons. The molecule has 9 heavy (non-hydrogen) atoms. The van der Waals surface area contributed by atoms with Crippen molar-refractivity contribution in [2.75, 3.05) is 5.33 Å². The lowest BCUT2D eigenvalue weighted by Crippen LogP contribution is -1.94. The molecule has 0 spiro atoms. The lowest BCUT2D eigenvalue weighted by atomic mass is 10.2. The summed E-state index contributed by atoms with van der Waals surface area (Å²) in [5, 5.41) is 9.66. The zero-order chi connectivity index (χ0) is 6.69. The first kappa shape index (κ1) is 6.83. The smallest absolute Gasteiger partial charge is 0.0960 e. The maximum atomic E-state index is 9.11. The van der Waals surface area contributed by atoms with Crippen molar-refractivity contribution < 1.29 is 9.52 Å². The Labute approximate surface area is 61.6 Å². The van der Waals surface area contributed by atoms with Crippen LogP contribution in [0.2, 0.25) is 0 Å². The molecule has 0 saturated carbocycles. The van der Waals surface area contributed by atoms with Gasteiger partial charge >= 0.3 is 0 Å². The molecule has 1 rings (SSSR count). The monoisotopic (exact) mass is 190 g/mol. The Morgan fingerprint density at radius 1 is 1.78 bits per heavy atom. The van der Waals surface area contributed by atoms with E-state index in [2.05, 4.69) is 15.9 Å². The van der Waals surface area contributed by atoms with Crippen LogP contribution in [0, 0.1) is 0 Å². The van der Waals surface area contributed by atoms with Crippen LogP contribution in [0.5, 0.6) is 0 Å². The number of aliphatic hydroxyl groups is 1. The molecule has 0 saturated heterocycles. The largest absolute Gasteiger partial charge is 0.472 e. The zero-order valence-corrected chi connectivity index (χ0v) is 6.34. The van der Waals surface area contributed by atoms with Crippen molar-refractivity contribution in [1.29, 1.82) is 0 Å². The summed E-state index contributed by atoms with van der Waals surface area (Å²) in [6.45, 7) is 0. The van der Waals surface area contributed by atoms with E-state index < -0.39 is 6.10 Å². The van der Waals surface area contributed by atoms with Crippen LogP contribution in [0.4, 0.5) is 0 Å². The highest BCUT2D eigenvalue weighted by Crippen LogP contribution is 2.14. The lowest BCUT2D eigenvalue weighted by molar-refractivity contribution is 0.204. The number of furan rings is 1. The quantitative estimate of drug-likeness (QED) is 0.721. The number of aliphatic hydroxyl groups excluding tert-OH is 1. The molecule has 0 amide bonds. The third kappa shape index (κ3) is 1.56. The molecule has 0 aromatic carbocycles. The Hall–Kier alpha value is -0.280.